The van der Waals surface area contributed by atoms with E-state index in [9.17, 15) is 26.7 Å². The van der Waals surface area contributed by atoms with Gasteiger partial charge in [-0.05, 0) is 42.0 Å². The van der Waals surface area contributed by atoms with Crippen molar-refractivity contribution in [2.45, 2.75) is 31.2 Å². The number of alkyl halides is 3. The van der Waals surface area contributed by atoms with Crippen LogP contribution >= 0.6 is 0 Å². The number of halogens is 5. The number of nitrogens with one attached hydrogen (secondary N) is 1. The Morgan fingerprint density at radius 1 is 1.00 bits per heavy atom. The van der Waals surface area contributed by atoms with Crippen LogP contribution in [0.2, 0.25) is 0 Å². The highest BCUT2D eigenvalue weighted by Gasteiger charge is 2.45. The number of esters is 1. The maximum atomic E-state index is 13.4. The van der Waals surface area contributed by atoms with Crippen molar-refractivity contribution >= 4 is 17.6 Å². The smallest absolute Gasteiger partial charge is 0.430 e. The maximum absolute atomic E-state index is 13.4. The summed E-state index contributed by atoms with van der Waals surface area (Å²) in [5, 5.41) is 11.9. The Balaban J connectivity index is 0.000000429. The molecule has 1 N–H and O–H groups in total. The lowest BCUT2D eigenvalue weighted by molar-refractivity contribution is -0.928. The lowest BCUT2D eigenvalue weighted by Gasteiger charge is -2.49. The number of piperidine rings is 3. The average molecular weight is 500 g/mol. The molecule has 0 aliphatic carbocycles. The maximum Gasteiger partial charge on any atom is 0.430 e. The third-order valence-electron chi connectivity index (χ3n) is 6.32. The summed E-state index contributed by atoms with van der Waals surface area (Å²) >= 11 is 0. The van der Waals surface area contributed by atoms with Crippen LogP contribution in [0.5, 0.6) is 0 Å². The number of anilines is 1. The molecular formula is C24H25F5N2O4. The van der Waals surface area contributed by atoms with E-state index in [1.807, 2.05) is 0 Å². The monoisotopic (exact) mass is 500 g/mol. The van der Waals surface area contributed by atoms with E-state index in [0.717, 1.165) is 37.0 Å². The molecule has 0 radical (unpaired) electrons. The van der Waals surface area contributed by atoms with Gasteiger partial charge in [0.25, 0.3) is 0 Å². The van der Waals surface area contributed by atoms with E-state index >= 15 is 0 Å². The second-order valence-electron chi connectivity index (χ2n) is 8.98. The number of carboxylic acid groups (broad SMARTS) is 1. The van der Waals surface area contributed by atoms with Crippen LogP contribution < -0.4 is 10.4 Å². The van der Waals surface area contributed by atoms with E-state index in [4.69, 9.17) is 14.6 Å². The number of likely N-dealkylation sites (N-methyl/N-ethyl adjacent to an activating group) is 1. The number of ether oxygens (including phenoxy) is 1. The molecular weight excluding hydrogens is 475 g/mol. The highest BCUT2D eigenvalue weighted by Crippen LogP contribution is 2.35. The third-order valence-corrected chi connectivity index (χ3v) is 6.32. The van der Waals surface area contributed by atoms with E-state index in [1.165, 1.54) is 24.3 Å². The summed E-state index contributed by atoms with van der Waals surface area (Å²) in [5.41, 5.74) is 1.21. The first-order chi connectivity index (χ1) is 16.4. The molecule has 2 aromatic carbocycles. The highest BCUT2D eigenvalue weighted by atomic mass is 19.4. The average Bonchev–Trinajstić information content (AvgIpc) is 2.79. The number of fused-ring (bicyclic) bond motifs is 3. The van der Waals surface area contributed by atoms with E-state index in [0.29, 0.717) is 17.2 Å². The van der Waals surface area contributed by atoms with Crippen LogP contribution in [0.4, 0.5) is 27.6 Å². The Morgan fingerprint density at radius 2 is 1.49 bits per heavy atom. The zero-order valence-corrected chi connectivity index (χ0v) is 18.9. The minimum Gasteiger partial charge on any atom is -0.542 e. The number of aliphatic carboxylic acids is 1. The van der Waals surface area contributed by atoms with Gasteiger partial charge in [0.1, 0.15) is 24.1 Å². The molecule has 3 aliphatic heterocycles. The summed E-state index contributed by atoms with van der Waals surface area (Å²) in [4.78, 5) is 21.9. The Morgan fingerprint density at radius 3 is 1.94 bits per heavy atom. The Hall–Kier alpha value is -3.21. The van der Waals surface area contributed by atoms with Gasteiger partial charge in [-0.2, -0.15) is 13.2 Å². The molecule has 3 aliphatic rings. The van der Waals surface area contributed by atoms with Crippen molar-refractivity contribution in [3.8, 4) is 0 Å². The predicted molar refractivity (Wildman–Crippen MR) is 114 cm³/mol. The van der Waals surface area contributed by atoms with Gasteiger partial charge < -0.3 is 24.4 Å². The quantitative estimate of drug-likeness (QED) is 0.388. The van der Waals surface area contributed by atoms with Crippen LogP contribution in [0.25, 0.3) is 0 Å². The van der Waals surface area contributed by atoms with E-state index < -0.39 is 18.2 Å². The summed E-state index contributed by atoms with van der Waals surface area (Å²) in [6.45, 7) is 3.10. The van der Waals surface area contributed by atoms with Gasteiger partial charge in [-0.1, -0.05) is 12.1 Å². The molecule has 6 nitrogen and oxygen atoms in total. The van der Waals surface area contributed by atoms with Crippen molar-refractivity contribution in [2.75, 3.05) is 32.0 Å². The van der Waals surface area contributed by atoms with Gasteiger partial charge in [-0.25, -0.2) is 13.6 Å². The lowest BCUT2D eigenvalue weighted by atomic mass is 9.84. The molecule has 0 saturated carbocycles. The summed E-state index contributed by atoms with van der Waals surface area (Å²) in [7, 11) is 2.21. The fourth-order valence-electron chi connectivity index (χ4n) is 4.35. The molecule has 3 saturated heterocycles. The first kappa shape index (κ1) is 26.4. The van der Waals surface area contributed by atoms with Crippen LogP contribution in [-0.4, -0.2) is 55.4 Å². The zero-order valence-electron chi connectivity index (χ0n) is 18.9. The van der Waals surface area contributed by atoms with Crippen LogP contribution in [0.15, 0.2) is 48.5 Å². The second kappa shape index (κ2) is 10.6. The molecule has 2 bridgehead atoms. The molecule has 190 valence electrons. The van der Waals surface area contributed by atoms with E-state index in [1.54, 1.807) is 24.3 Å². The number of rotatable bonds is 5. The van der Waals surface area contributed by atoms with Gasteiger partial charge in [0.2, 0.25) is 0 Å². The number of carbonyl (C=O) groups excluding carboxylic acids is 2. The molecule has 0 spiro atoms. The zero-order chi connectivity index (χ0) is 25.8. The minimum atomic E-state index is -5.19. The molecule has 2 unspecified atom stereocenters. The predicted octanol–water partition coefficient (Wildman–Crippen LogP) is 3.20. The minimum absolute atomic E-state index is 0.0991. The summed E-state index contributed by atoms with van der Waals surface area (Å²) in [6, 6.07) is 10.8. The largest absolute Gasteiger partial charge is 0.542 e. The standard InChI is InChI=1S/C22H25F2N2O2.C2HF3O2/c1-26-12-10-15(11-13-26)20(14-26)28-22(27)21(16-2-4-17(23)5-3-16)25-19-8-6-18(24)7-9-19;3-2(4,5)1(6)7/h2-9,15,20-21,25H,10-14H2,1H3;(H,6,7)/q+1;/p-1. The summed E-state index contributed by atoms with van der Waals surface area (Å²) in [5.74, 6) is -3.71. The number of hydrogen-bond acceptors (Lipinski definition) is 5. The first-order valence-electron chi connectivity index (χ1n) is 11.0. The Bertz CT molecular complexity index is 1020. The molecule has 0 aromatic heterocycles. The lowest BCUT2D eigenvalue weighted by Crippen LogP contribution is -2.62. The van der Waals surface area contributed by atoms with Crippen LogP contribution in [0.1, 0.15) is 24.4 Å². The molecule has 35 heavy (non-hydrogen) atoms. The molecule has 3 fully saturated rings. The van der Waals surface area contributed by atoms with Gasteiger partial charge >= 0.3 is 12.1 Å². The van der Waals surface area contributed by atoms with Crippen molar-refractivity contribution in [3.05, 3.63) is 65.7 Å². The van der Waals surface area contributed by atoms with Gasteiger partial charge in [0.05, 0.1) is 20.1 Å². The second-order valence-corrected chi connectivity index (χ2v) is 8.98. The molecule has 2 aromatic rings. The molecule has 11 heteroatoms. The first-order valence-corrected chi connectivity index (χ1v) is 11.0. The van der Waals surface area contributed by atoms with Crippen LogP contribution in [-0.2, 0) is 14.3 Å². The molecule has 0 amide bonds. The molecule has 2 atom stereocenters. The third kappa shape index (κ3) is 7.14. The number of quaternary nitrogens is 1. The van der Waals surface area contributed by atoms with Gasteiger partial charge in [-0.3, -0.25) is 0 Å². The molecule has 3 heterocycles. The number of carboxylic acids is 1. The highest BCUT2D eigenvalue weighted by molar-refractivity contribution is 5.81. The fraction of sp³-hybridized carbons (Fsp3) is 0.417. The molecule has 5 rings (SSSR count). The number of nitrogens with zero attached hydrogens (tertiary/aromatic N) is 1. The topological polar surface area (TPSA) is 78.5 Å². The fourth-order valence-corrected chi connectivity index (χ4v) is 4.35. The summed E-state index contributed by atoms with van der Waals surface area (Å²) < 4.78 is 65.0. The van der Waals surface area contributed by atoms with Crippen molar-refractivity contribution in [3.63, 3.8) is 0 Å². The normalized spacial score (nSPS) is 24.1. The number of carbonyl (C=O) groups is 2. The van der Waals surface area contributed by atoms with Crippen LogP contribution in [0, 0.1) is 17.6 Å². The summed E-state index contributed by atoms with van der Waals surface area (Å²) in [6.07, 6.45) is -3.15. The van der Waals surface area contributed by atoms with E-state index in [2.05, 4.69) is 12.4 Å². The Labute approximate surface area is 198 Å². The van der Waals surface area contributed by atoms with Crippen molar-refractivity contribution < 1.29 is 45.9 Å². The van der Waals surface area contributed by atoms with Crippen molar-refractivity contribution in [1.29, 1.82) is 0 Å². The van der Waals surface area contributed by atoms with Gasteiger partial charge in [0, 0.05) is 24.4 Å². The SMILES string of the molecule is C[N+]12CCC(CC1)C(OC(=O)C(Nc1ccc(F)cc1)c1ccc(F)cc1)C2.O=C([O-])C(F)(F)F. The van der Waals surface area contributed by atoms with Crippen LogP contribution in [0.3, 0.4) is 0 Å². The van der Waals surface area contributed by atoms with Gasteiger partial charge in [-0.15, -0.1) is 0 Å². The van der Waals surface area contributed by atoms with Crippen molar-refractivity contribution in [2.24, 2.45) is 5.92 Å². The van der Waals surface area contributed by atoms with Gasteiger partial charge in [0.15, 0.2) is 12.1 Å². The Kier molecular flexibility index (Phi) is 7.99. The van der Waals surface area contributed by atoms with E-state index in [-0.39, 0.29) is 23.7 Å². The number of benzene rings is 2. The van der Waals surface area contributed by atoms with Crippen molar-refractivity contribution in [1.82, 2.24) is 0 Å². The number of hydrogen-bond donors (Lipinski definition) is 1.